The van der Waals surface area contributed by atoms with Gasteiger partial charge in [-0.15, -0.1) is 0 Å². The topological polar surface area (TPSA) is 114 Å². The van der Waals surface area contributed by atoms with E-state index in [4.69, 9.17) is 4.74 Å². The van der Waals surface area contributed by atoms with Gasteiger partial charge in [0.2, 0.25) is 5.91 Å². The fraction of sp³-hybridized carbons (Fsp3) is 0.0938. The van der Waals surface area contributed by atoms with Crippen molar-refractivity contribution in [1.82, 2.24) is 4.72 Å². The molecule has 1 heterocycles. The van der Waals surface area contributed by atoms with Crippen molar-refractivity contribution in [1.29, 1.82) is 0 Å². The molecule has 8 nitrogen and oxygen atoms in total. The molecule has 0 spiro atoms. The number of aliphatic imine (C=N–C) groups is 1. The van der Waals surface area contributed by atoms with Gasteiger partial charge in [0, 0.05) is 11.3 Å². The van der Waals surface area contributed by atoms with E-state index in [1.54, 1.807) is 42.5 Å². The van der Waals surface area contributed by atoms with Crippen molar-refractivity contribution in [2.24, 2.45) is 4.99 Å². The van der Waals surface area contributed by atoms with E-state index < -0.39 is 15.9 Å². The van der Waals surface area contributed by atoms with Crippen LogP contribution in [-0.4, -0.2) is 55.0 Å². The third kappa shape index (κ3) is 8.92. The summed E-state index contributed by atoms with van der Waals surface area (Å²) in [5, 5.41) is 3.54. The number of thioether (sulfide) groups is 1. The fourth-order valence-electron chi connectivity index (χ4n) is 4.05. The minimum atomic E-state index is -3.95. The average Bonchev–Trinajstić information content (AvgIpc) is 3.32. The quantitative estimate of drug-likeness (QED) is 0.199. The van der Waals surface area contributed by atoms with Gasteiger partial charge in [-0.2, -0.15) is 4.99 Å². The number of benzene rings is 4. The van der Waals surface area contributed by atoms with E-state index in [1.165, 1.54) is 23.9 Å². The number of ether oxygens (including phenoxy) is 1. The average molecular weight is 622 g/mol. The number of para-hydroxylation sites is 1. The molecule has 0 saturated heterocycles. The van der Waals surface area contributed by atoms with Crippen LogP contribution in [0.2, 0.25) is 0 Å². The van der Waals surface area contributed by atoms with Crippen molar-refractivity contribution >= 4 is 80.1 Å². The van der Waals surface area contributed by atoms with E-state index >= 15 is 0 Å². The molecular weight excluding hydrogens is 593 g/mol. The summed E-state index contributed by atoms with van der Waals surface area (Å²) in [4.78, 5) is 29.6. The van der Waals surface area contributed by atoms with Crippen LogP contribution in [0.15, 0.2) is 118 Å². The van der Waals surface area contributed by atoms with Crippen LogP contribution in [-0.2, 0) is 32.6 Å². The molecular formula is C32H28N3NaO5S2. The summed E-state index contributed by atoms with van der Waals surface area (Å²) in [5.74, 6) is -0.334. The molecule has 11 heteroatoms. The first-order chi connectivity index (χ1) is 20.2. The Bertz CT molecular complexity index is 1770. The molecule has 4 aromatic rings. The number of amides is 2. The van der Waals surface area contributed by atoms with E-state index in [2.05, 4.69) is 15.0 Å². The number of nitrogens with one attached hydrogen (secondary N) is 2. The van der Waals surface area contributed by atoms with E-state index in [9.17, 15) is 18.0 Å². The molecule has 1 aliphatic rings. The van der Waals surface area contributed by atoms with E-state index in [1.807, 2.05) is 61.5 Å². The predicted octanol–water partition coefficient (Wildman–Crippen LogP) is 5.06. The van der Waals surface area contributed by atoms with Gasteiger partial charge in [0.1, 0.15) is 12.4 Å². The van der Waals surface area contributed by atoms with Crippen molar-refractivity contribution in [3.63, 3.8) is 0 Å². The van der Waals surface area contributed by atoms with Crippen LogP contribution in [0.5, 0.6) is 5.75 Å². The Kier molecular flexibility index (Phi) is 11.0. The number of anilines is 1. The molecule has 43 heavy (non-hydrogen) atoms. The minimum absolute atomic E-state index is 0. The van der Waals surface area contributed by atoms with Crippen LogP contribution < -0.4 is 14.8 Å². The Hall–Kier alpha value is -3.67. The number of hydrogen-bond donors (Lipinski definition) is 2. The predicted molar refractivity (Wildman–Crippen MR) is 173 cm³/mol. The van der Waals surface area contributed by atoms with E-state index in [-0.39, 0.29) is 46.8 Å². The molecule has 0 fully saturated rings. The summed E-state index contributed by atoms with van der Waals surface area (Å²) < 4.78 is 33.1. The van der Waals surface area contributed by atoms with Crippen molar-refractivity contribution < 1.29 is 22.7 Å². The van der Waals surface area contributed by atoms with Gasteiger partial charge in [0.25, 0.3) is 15.9 Å². The van der Waals surface area contributed by atoms with Crippen LogP contribution in [0.1, 0.15) is 22.3 Å². The fourth-order valence-corrected chi connectivity index (χ4v) is 5.86. The van der Waals surface area contributed by atoms with Crippen molar-refractivity contribution in [2.75, 3.05) is 5.32 Å². The SMILES string of the molecule is Cc1ccc(S(=O)(=O)NC(=O)Cc2ccc(NC3=NC(=O)/C(=C\c4ccccc4OCc4ccccc4)S3)cc2)cc1.[NaH]. The van der Waals surface area contributed by atoms with Gasteiger partial charge in [-0.1, -0.05) is 78.4 Å². The molecule has 2 N–H and O–H groups in total. The maximum atomic E-state index is 12.6. The Labute approximate surface area is 277 Å². The van der Waals surface area contributed by atoms with Gasteiger partial charge < -0.3 is 10.1 Å². The van der Waals surface area contributed by atoms with Gasteiger partial charge >= 0.3 is 29.6 Å². The summed E-state index contributed by atoms with van der Waals surface area (Å²) in [6.45, 7) is 2.26. The second-order valence-corrected chi connectivity index (χ2v) is 12.2. The Morgan fingerprint density at radius 1 is 0.884 bits per heavy atom. The first kappa shape index (κ1) is 32.2. The first-order valence-electron chi connectivity index (χ1n) is 13.0. The number of carbonyl (C=O) groups is 2. The Balaban J connectivity index is 0.00000423. The number of aryl methyl sites for hydroxylation is 1. The number of nitrogens with zero attached hydrogens (tertiary/aromatic N) is 1. The normalized spacial score (nSPS) is 13.7. The third-order valence-corrected chi connectivity index (χ3v) is 8.50. The molecule has 0 radical (unpaired) electrons. The third-order valence-electron chi connectivity index (χ3n) is 6.21. The maximum absolute atomic E-state index is 12.6. The number of rotatable bonds is 9. The Morgan fingerprint density at radius 3 is 2.28 bits per heavy atom. The molecule has 0 atom stereocenters. The van der Waals surface area contributed by atoms with Crippen LogP contribution in [0.25, 0.3) is 6.08 Å². The number of hydrogen-bond acceptors (Lipinski definition) is 7. The molecule has 0 aliphatic carbocycles. The van der Waals surface area contributed by atoms with Crippen LogP contribution in [0.3, 0.4) is 0 Å². The number of sulfonamides is 1. The summed E-state index contributed by atoms with van der Waals surface area (Å²) in [6.07, 6.45) is 1.65. The van der Waals surface area contributed by atoms with Crippen molar-refractivity contribution in [3.05, 3.63) is 130 Å². The second-order valence-electron chi connectivity index (χ2n) is 9.49. The summed E-state index contributed by atoms with van der Waals surface area (Å²) in [6, 6.07) is 30.5. The van der Waals surface area contributed by atoms with Gasteiger partial charge in [0.05, 0.1) is 16.2 Å². The summed E-state index contributed by atoms with van der Waals surface area (Å²) in [5.41, 5.74) is 4.02. The standard InChI is InChI=1S/C32H27N3O5S2.Na.H/c1-22-11-17-27(18-12-22)42(38,39)35-30(36)19-23-13-15-26(16-14-23)33-32-34-31(37)29(41-32)20-25-9-5-6-10-28(25)40-21-24-7-3-2-4-8-24;;/h2-18,20H,19,21H2,1H3,(H,35,36)(H,33,34,37);;/b29-20+;;. The molecule has 2 amide bonds. The number of carbonyl (C=O) groups excluding carboxylic acids is 2. The second kappa shape index (κ2) is 14.7. The van der Waals surface area contributed by atoms with E-state index in [0.717, 1.165) is 16.7 Å². The first-order valence-corrected chi connectivity index (χ1v) is 15.3. The van der Waals surface area contributed by atoms with Gasteiger partial charge in [-0.25, -0.2) is 13.1 Å². The zero-order valence-corrected chi connectivity index (χ0v) is 24.2. The summed E-state index contributed by atoms with van der Waals surface area (Å²) in [7, 11) is -3.95. The van der Waals surface area contributed by atoms with Crippen molar-refractivity contribution in [3.8, 4) is 5.75 Å². The molecule has 4 aromatic carbocycles. The molecule has 0 aromatic heterocycles. The molecule has 5 rings (SSSR count). The van der Waals surface area contributed by atoms with Gasteiger partial charge in [-0.05, 0) is 66.2 Å². The number of amidine groups is 1. The van der Waals surface area contributed by atoms with Crippen LogP contribution >= 0.6 is 11.8 Å². The molecule has 0 saturated carbocycles. The van der Waals surface area contributed by atoms with Crippen LogP contribution in [0.4, 0.5) is 5.69 Å². The monoisotopic (exact) mass is 621 g/mol. The molecule has 1 aliphatic heterocycles. The molecule has 0 unspecified atom stereocenters. The van der Waals surface area contributed by atoms with Crippen LogP contribution in [0, 0.1) is 6.92 Å². The van der Waals surface area contributed by atoms with Gasteiger partial charge in [-0.3, -0.25) is 9.59 Å². The van der Waals surface area contributed by atoms with Gasteiger partial charge in [0.15, 0.2) is 5.17 Å². The zero-order chi connectivity index (χ0) is 29.5. The zero-order valence-electron chi connectivity index (χ0n) is 22.6. The van der Waals surface area contributed by atoms with Crippen molar-refractivity contribution in [2.45, 2.75) is 24.8 Å². The van der Waals surface area contributed by atoms with E-state index in [0.29, 0.717) is 33.7 Å². The Morgan fingerprint density at radius 2 is 1.56 bits per heavy atom. The molecule has 0 bridgehead atoms. The molecule has 214 valence electrons. The summed E-state index contributed by atoms with van der Waals surface area (Å²) >= 11 is 1.22.